The monoisotopic (exact) mass is 363 g/mol. The third kappa shape index (κ3) is 2.56. The van der Waals surface area contributed by atoms with Crippen LogP contribution in [0.1, 0.15) is 43.0 Å². The van der Waals surface area contributed by atoms with Crippen molar-refractivity contribution in [3.05, 3.63) is 60.1 Å². The van der Waals surface area contributed by atoms with Gasteiger partial charge in [-0.15, -0.1) is 5.10 Å². The summed E-state index contributed by atoms with van der Waals surface area (Å²) in [6, 6.07) is 6.36. The van der Waals surface area contributed by atoms with Gasteiger partial charge in [0.15, 0.2) is 0 Å². The Morgan fingerprint density at radius 3 is 2.78 bits per heavy atom. The highest BCUT2D eigenvalue weighted by Crippen LogP contribution is 2.45. The van der Waals surface area contributed by atoms with Crippen molar-refractivity contribution in [2.75, 3.05) is 5.73 Å². The topological polar surface area (TPSA) is 87.4 Å². The predicted molar refractivity (Wildman–Crippen MR) is 99.0 cm³/mol. The summed E-state index contributed by atoms with van der Waals surface area (Å²) in [7, 11) is 0. The quantitative estimate of drug-likeness (QED) is 0.601. The number of anilines is 1. The number of rotatable bonds is 4. The van der Waals surface area contributed by atoms with E-state index in [0.717, 1.165) is 29.6 Å². The molecule has 4 aromatic rings. The summed E-state index contributed by atoms with van der Waals surface area (Å²) in [5.74, 6) is 0.677. The van der Waals surface area contributed by atoms with Gasteiger partial charge >= 0.3 is 0 Å². The highest BCUT2D eigenvalue weighted by atomic mass is 19.1. The first kappa shape index (κ1) is 15.9. The highest BCUT2D eigenvalue weighted by molar-refractivity contribution is 5.90. The van der Waals surface area contributed by atoms with Gasteiger partial charge in [-0.05, 0) is 43.4 Å². The zero-order valence-corrected chi connectivity index (χ0v) is 14.7. The molecule has 1 atom stereocenters. The Morgan fingerprint density at radius 2 is 2.00 bits per heavy atom. The van der Waals surface area contributed by atoms with Crippen molar-refractivity contribution in [3.63, 3.8) is 0 Å². The van der Waals surface area contributed by atoms with Gasteiger partial charge in [0.05, 0.1) is 17.6 Å². The summed E-state index contributed by atoms with van der Waals surface area (Å²) in [5, 5.41) is 9.29. The third-order valence-corrected chi connectivity index (χ3v) is 5.14. The standard InChI is InChI=1S/C19H18FN7/c1-11(15-9-27(25-24-15)16-5-3-2-4-14(16)20)26-8-13(12-6-7-12)17-18(21)22-10-23-19(17)26/h2-5,8-12H,6-7H2,1H3,(H2,21,22,23). The lowest BCUT2D eigenvalue weighted by molar-refractivity contribution is 0.607. The SMILES string of the molecule is CC(c1cn(-c2ccccc2F)nn1)n1cc(C2CC2)c2c(N)ncnc21. The van der Waals surface area contributed by atoms with E-state index >= 15 is 0 Å². The maximum atomic E-state index is 14.0. The van der Waals surface area contributed by atoms with Crippen LogP contribution in [-0.4, -0.2) is 29.5 Å². The van der Waals surface area contributed by atoms with Gasteiger partial charge in [0.2, 0.25) is 0 Å². The smallest absolute Gasteiger partial charge is 0.148 e. The van der Waals surface area contributed by atoms with Gasteiger partial charge in [-0.25, -0.2) is 19.0 Å². The Labute approximate surface area is 154 Å². The van der Waals surface area contributed by atoms with E-state index in [1.807, 2.05) is 6.92 Å². The Bertz CT molecular complexity index is 1140. The fourth-order valence-corrected chi connectivity index (χ4v) is 3.50. The second kappa shape index (κ2) is 5.87. The molecule has 5 rings (SSSR count). The Balaban J connectivity index is 1.58. The maximum absolute atomic E-state index is 14.0. The number of aromatic nitrogens is 6. The third-order valence-electron chi connectivity index (χ3n) is 5.14. The minimum absolute atomic E-state index is 0.130. The van der Waals surface area contributed by atoms with E-state index in [1.165, 1.54) is 22.6 Å². The lowest BCUT2D eigenvalue weighted by Gasteiger charge is -2.11. The number of hydrogen-bond acceptors (Lipinski definition) is 5. The summed E-state index contributed by atoms with van der Waals surface area (Å²) in [4.78, 5) is 8.61. The van der Waals surface area contributed by atoms with E-state index in [4.69, 9.17) is 5.73 Å². The second-order valence-corrected chi connectivity index (χ2v) is 6.94. The van der Waals surface area contributed by atoms with Gasteiger partial charge in [-0.3, -0.25) is 0 Å². The summed E-state index contributed by atoms with van der Waals surface area (Å²) in [6.07, 6.45) is 7.64. The number of nitrogens with zero attached hydrogens (tertiary/aromatic N) is 6. The number of nitrogen functional groups attached to an aromatic ring is 1. The van der Waals surface area contributed by atoms with Crippen LogP contribution in [0, 0.1) is 5.82 Å². The minimum atomic E-state index is -0.343. The van der Waals surface area contributed by atoms with Crippen LogP contribution >= 0.6 is 0 Å². The highest BCUT2D eigenvalue weighted by Gasteiger charge is 2.30. The molecule has 0 bridgehead atoms. The molecule has 1 aliphatic carbocycles. The molecule has 8 heteroatoms. The number of fused-ring (bicyclic) bond motifs is 1. The molecule has 1 unspecified atom stereocenters. The maximum Gasteiger partial charge on any atom is 0.148 e. The first-order valence-corrected chi connectivity index (χ1v) is 8.91. The molecule has 2 N–H and O–H groups in total. The molecule has 0 saturated heterocycles. The van der Waals surface area contributed by atoms with E-state index in [1.54, 1.807) is 24.4 Å². The molecule has 1 saturated carbocycles. The van der Waals surface area contributed by atoms with Crippen LogP contribution in [0.2, 0.25) is 0 Å². The van der Waals surface area contributed by atoms with Crippen molar-refractivity contribution < 1.29 is 4.39 Å². The summed E-state index contributed by atoms with van der Waals surface area (Å²) < 4.78 is 17.5. The molecule has 1 aliphatic rings. The van der Waals surface area contributed by atoms with Crippen LogP contribution in [0.3, 0.4) is 0 Å². The first-order chi connectivity index (χ1) is 13.1. The summed E-state index contributed by atoms with van der Waals surface area (Å²) in [6.45, 7) is 2.02. The second-order valence-electron chi connectivity index (χ2n) is 6.94. The molecule has 7 nitrogen and oxygen atoms in total. The Kier molecular flexibility index (Phi) is 3.46. The van der Waals surface area contributed by atoms with E-state index in [9.17, 15) is 4.39 Å². The van der Waals surface area contributed by atoms with Crippen LogP contribution in [-0.2, 0) is 0 Å². The molecule has 0 radical (unpaired) electrons. The van der Waals surface area contributed by atoms with Gasteiger partial charge < -0.3 is 10.3 Å². The molecule has 27 heavy (non-hydrogen) atoms. The number of hydrogen-bond donors (Lipinski definition) is 1. The van der Waals surface area contributed by atoms with Crippen molar-refractivity contribution in [3.8, 4) is 5.69 Å². The number of para-hydroxylation sites is 1. The number of halogens is 1. The largest absolute Gasteiger partial charge is 0.383 e. The van der Waals surface area contributed by atoms with Crippen molar-refractivity contribution in [2.45, 2.75) is 31.7 Å². The average molecular weight is 363 g/mol. The predicted octanol–water partition coefficient (Wildman–Crippen LogP) is 3.22. The normalized spacial score (nSPS) is 15.3. The molecule has 0 spiro atoms. The minimum Gasteiger partial charge on any atom is -0.383 e. The van der Waals surface area contributed by atoms with Gasteiger partial charge in [0.25, 0.3) is 0 Å². The van der Waals surface area contributed by atoms with Crippen LogP contribution in [0.25, 0.3) is 16.7 Å². The van der Waals surface area contributed by atoms with Crippen LogP contribution in [0.5, 0.6) is 0 Å². The Hall–Kier alpha value is -3.29. The molecule has 0 aliphatic heterocycles. The van der Waals surface area contributed by atoms with Crippen LogP contribution in [0.4, 0.5) is 10.2 Å². The molecule has 136 valence electrons. The van der Waals surface area contributed by atoms with E-state index < -0.39 is 0 Å². The molecule has 0 amide bonds. The van der Waals surface area contributed by atoms with Crippen LogP contribution in [0.15, 0.2) is 43.0 Å². The van der Waals surface area contributed by atoms with E-state index in [-0.39, 0.29) is 11.9 Å². The van der Waals surface area contributed by atoms with Gasteiger partial charge in [0.1, 0.15) is 35.0 Å². The lowest BCUT2D eigenvalue weighted by atomic mass is 10.1. The van der Waals surface area contributed by atoms with E-state index in [0.29, 0.717) is 17.4 Å². The van der Waals surface area contributed by atoms with Crippen molar-refractivity contribution in [1.82, 2.24) is 29.5 Å². The fourth-order valence-electron chi connectivity index (χ4n) is 3.50. The average Bonchev–Trinajstić information content (AvgIpc) is 3.26. The lowest BCUT2D eigenvalue weighted by Crippen LogP contribution is -2.07. The zero-order chi connectivity index (χ0) is 18.5. The van der Waals surface area contributed by atoms with Crippen molar-refractivity contribution >= 4 is 16.9 Å². The summed E-state index contributed by atoms with van der Waals surface area (Å²) >= 11 is 0. The van der Waals surface area contributed by atoms with E-state index in [2.05, 4.69) is 31.0 Å². The van der Waals surface area contributed by atoms with Gasteiger partial charge in [-0.2, -0.15) is 0 Å². The Morgan fingerprint density at radius 1 is 1.19 bits per heavy atom. The molecule has 3 heterocycles. The molecule has 3 aromatic heterocycles. The fraction of sp³-hybridized carbons (Fsp3) is 0.263. The van der Waals surface area contributed by atoms with Gasteiger partial charge in [0, 0.05) is 6.20 Å². The molecule has 1 fully saturated rings. The molecule has 1 aromatic carbocycles. The number of nitrogens with two attached hydrogens (primary N) is 1. The zero-order valence-electron chi connectivity index (χ0n) is 14.7. The molecular weight excluding hydrogens is 345 g/mol. The van der Waals surface area contributed by atoms with Crippen LogP contribution < -0.4 is 5.73 Å². The molecular formula is C19H18FN7. The first-order valence-electron chi connectivity index (χ1n) is 8.91. The number of benzene rings is 1. The summed E-state index contributed by atoms with van der Waals surface area (Å²) in [5.41, 5.74) is 9.20. The van der Waals surface area contributed by atoms with Crippen molar-refractivity contribution in [1.29, 1.82) is 0 Å². The van der Waals surface area contributed by atoms with Crippen molar-refractivity contribution in [2.24, 2.45) is 0 Å². The van der Waals surface area contributed by atoms with Gasteiger partial charge in [-0.1, -0.05) is 17.3 Å².